The molecule has 7 nitrogen and oxygen atoms in total. The maximum Gasteiger partial charge on any atom is 0.339 e. The standard InChI is InChI=1S/C17H20N4O3/c1-12-13(16(22)23)11-18-17(19-12)21-9-7-20(8-10-21)14-5-3-4-6-15(14)24-2/h3-6,11H,7-10H2,1-2H3,(H,22,23). The second kappa shape index (κ2) is 6.74. The summed E-state index contributed by atoms with van der Waals surface area (Å²) in [6.07, 6.45) is 1.38. The maximum absolute atomic E-state index is 11.1. The maximum atomic E-state index is 11.1. The van der Waals surface area contributed by atoms with Crippen molar-refractivity contribution < 1.29 is 14.6 Å². The topological polar surface area (TPSA) is 78.8 Å². The normalized spacial score (nSPS) is 14.6. The number of hydrogen-bond donors (Lipinski definition) is 1. The summed E-state index contributed by atoms with van der Waals surface area (Å²) in [5.41, 5.74) is 1.71. The van der Waals surface area contributed by atoms with Gasteiger partial charge in [0.25, 0.3) is 0 Å². The summed E-state index contributed by atoms with van der Waals surface area (Å²) in [7, 11) is 1.68. The van der Waals surface area contributed by atoms with E-state index in [0.29, 0.717) is 11.6 Å². The van der Waals surface area contributed by atoms with Gasteiger partial charge in [0, 0.05) is 32.4 Å². The lowest BCUT2D eigenvalue weighted by Gasteiger charge is -2.36. The van der Waals surface area contributed by atoms with Crippen LogP contribution in [-0.2, 0) is 0 Å². The number of carboxylic acid groups (broad SMARTS) is 1. The van der Waals surface area contributed by atoms with E-state index in [9.17, 15) is 4.79 Å². The molecular weight excluding hydrogens is 308 g/mol. The molecule has 0 aliphatic carbocycles. The Morgan fingerprint density at radius 2 is 1.83 bits per heavy atom. The third-order valence-electron chi connectivity index (χ3n) is 4.19. The summed E-state index contributed by atoms with van der Waals surface area (Å²) in [6, 6.07) is 7.97. The summed E-state index contributed by atoms with van der Waals surface area (Å²) in [5, 5.41) is 9.06. The van der Waals surface area contributed by atoms with E-state index in [0.717, 1.165) is 37.6 Å². The number of aromatic nitrogens is 2. The van der Waals surface area contributed by atoms with E-state index >= 15 is 0 Å². The van der Waals surface area contributed by atoms with Crippen molar-refractivity contribution in [2.24, 2.45) is 0 Å². The van der Waals surface area contributed by atoms with Gasteiger partial charge in [0.05, 0.1) is 24.1 Å². The van der Waals surface area contributed by atoms with E-state index in [1.54, 1.807) is 14.0 Å². The second-order valence-corrected chi connectivity index (χ2v) is 5.62. The van der Waals surface area contributed by atoms with E-state index in [-0.39, 0.29) is 5.56 Å². The smallest absolute Gasteiger partial charge is 0.339 e. The number of anilines is 2. The van der Waals surface area contributed by atoms with Crippen LogP contribution in [0.5, 0.6) is 5.75 Å². The molecule has 0 radical (unpaired) electrons. The highest BCUT2D eigenvalue weighted by molar-refractivity contribution is 5.88. The minimum Gasteiger partial charge on any atom is -0.495 e. The van der Waals surface area contributed by atoms with Crippen LogP contribution in [0.3, 0.4) is 0 Å². The molecule has 7 heteroatoms. The number of rotatable bonds is 4. The first-order chi connectivity index (χ1) is 11.6. The van der Waals surface area contributed by atoms with Crippen LogP contribution in [0.25, 0.3) is 0 Å². The van der Waals surface area contributed by atoms with Crippen molar-refractivity contribution >= 4 is 17.6 Å². The zero-order valence-electron chi connectivity index (χ0n) is 13.8. The van der Waals surface area contributed by atoms with Crippen molar-refractivity contribution in [3.05, 3.63) is 41.7 Å². The Kier molecular flexibility index (Phi) is 4.50. The molecule has 1 saturated heterocycles. The summed E-state index contributed by atoms with van der Waals surface area (Å²) < 4.78 is 5.43. The number of hydrogen-bond acceptors (Lipinski definition) is 6. The molecule has 0 unspecified atom stereocenters. The van der Waals surface area contributed by atoms with Crippen LogP contribution in [0, 0.1) is 6.92 Å². The van der Waals surface area contributed by atoms with Gasteiger partial charge in [-0.1, -0.05) is 12.1 Å². The number of ether oxygens (including phenoxy) is 1. The Hall–Kier alpha value is -2.83. The molecule has 0 saturated carbocycles. The first-order valence-corrected chi connectivity index (χ1v) is 7.80. The van der Waals surface area contributed by atoms with Gasteiger partial charge >= 0.3 is 5.97 Å². The van der Waals surface area contributed by atoms with Gasteiger partial charge in [-0.2, -0.15) is 0 Å². The van der Waals surface area contributed by atoms with Gasteiger partial charge in [-0.3, -0.25) is 0 Å². The SMILES string of the molecule is COc1ccccc1N1CCN(c2ncc(C(=O)O)c(C)n2)CC1. The number of aryl methyl sites for hydroxylation is 1. The molecule has 24 heavy (non-hydrogen) atoms. The summed E-state index contributed by atoms with van der Waals surface area (Å²) in [6.45, 7) is 4.88. The highest BCUT2D eigenvalue weighted by atomic mass is 16.5. The van der Waals surface area contributed by atoms with Crippen LogP contribution >= 0.6 is 0 Å². The number of benzene rings is 1. The van der Waals surface area contributed by atoms with Crippen molar-refractivity contribution in [1.82, 2.24) is 9.97 Å². The van der Waals surface area contributed by atoms with Gasteiger partial charge in [0.1, 0.15) is 5.75 Å². The molecule has 1 N–H and O–H groups in total. The monoisotopic (exact) mass is 328 g/mol. The summed E-state index contributed by atoms with van der Waals surface area (Å²) in [4.78, 5) is 24.0. The van der Waals surface area contributed by atoms with E-state index < -0.39 is 5.97 Å². The number of carboxylic acids is 1. The Labute approximate surface area is 140 Å². The molecule has 0 spiro atoms. The third kappa shape index (κ3) is 3.10. The fourth-order valence-electron chi connectivity index (χ4n) is 2.86. The van der Waals surface area contributed by atoms with E-state index in [4.69, 9.17) is 9.84 Å². The predicted octanol–water partition coefficient (Wildman–Crippen LogP) is 1.82. The molecule has 1 aliphatic heterocycles. The fourth-order valence-corrected chi connectivity index (χ4v) is 2.86. The molecule has 1 aromatic carbocycles. The lowest BCUT2D eigenvalue weighted by atomic mass is 10.2. The van der Waals surface area contributed by atoms with Crippen LogP contribution in [-0.4, -0.2) is 54.3 Å². The van der Waals surface area contributed by atoms with Crippen molar-refractivity contribution in [3.8, 4) is 5.75 Å². The number of nitrogens with zero attached hydrogens (tertiary/aromatic N) is 4. The Bertz CT molecular complexity index is 742. The van der Waals surface area contributed by atoms with Crippen molar-refractivity contribution in [3.63, 3.8) is 0 Å². The number of para-hydroxylation sites is 2. The molecule has 0 atom stereocenters. The van der Waals surface area contributed by atoms with Crippen molar-refractivity contribution in [2.45, 2.75) is 6.92 Å². The Balaban J connectivity index is 1.71. The predicted molar refractivity (Wildman–Crippen MR) is 91.1 cm³/mol. The highest BCUT2D eigenvalue weighted by Crippen LogP contribution is 2.28. The van der Waals surface area contributed by atoms with Crippen LogP contribution in [0.4, 0.5) is 11.6 Å². The minimum atomic E-state index is -1.000. The largest absolute Gasteiger partial charge is 0.495 e. The van der Waals surface area contributed by atoms with Gasteiger partial charge in [-0.15, -0.1) is 0 Å². The lowest BCUT2D eigenvalue weighted by Crippen LogP contribution is -2.47. The van der Waals surface area contributed by atoms with Crippen LogP contribution in [0.2, 0.25) is 0 Å². The van der Waals surface area contributed by atoms with Gasteiger partial charge in [-0.05, 0) is 19.1 Å². The highest BCUT2D eigenvalue weighted by Gasteiger charge is 2.22. The third-order valence-corrected chi connectivity index (χ3v) is 4.19. The summed E-state index contributed by atoms with van der Waals surface area (Å²) >= 11 is 0. The van der Waals surface area contributed by atoms with Gasteiger partial charge < -0.3 is 19.6 Å². The number of methoxy groups -OCH3 is 1. The molecule has 1 fully saturated rings. The van der Waals surface area contributed by atoms with Crippen LogP contribution in [0.15, 0.2) is 30.5 Å². The molecule has 0 bridgehead atoms. The average Bonchev–Trinajstić information content (AvgIpc) is 2.61. The van der Waals surface area contributed by atoms with Crippen molar-refractivity contribution in [1.29, 1.82) is 0 Å². The quantitative estimate of drug-likeness (QED) is 0.917. The zero-order chi connectivity index (χ0) is 17.1. The molecule has 1 aliphatic rings. The number of aromatic carboxylic acids is 1. The lowest BCUT2D eigenvalue weighted by molar-refractivity contribution is 0.0695. The van der Waals surface area contributed by atoms with E-state index in [1.165, 1.54) is 6.20 Å². The molecule has 2 aromatic rings. The average molecular weight is 328 g/mol. The molecule has 0 amide bonds. The molecule has 3 rings (SSSR count). The van der Waals surface area contributed by atoms with E-state index in [1.807, 2.05) is 18.2 Å². The molecule has 2 heterocycles. The number of piperazine rings is 1. The fraction of sp³-hybridized carbons (Fsp3) is 0.353. The van der Waals surface area contributed by atoms with Crippen molar-refractivity contribution in [2.75, 3.05) is 43.1 Å². The zero-order valence-corrected chi connectivity index (χ0v) is 13.8. The number of carbonyl (C=O) groups is 1. The van der Waals surface area contributed by atoms with E-state index in [2.05, 4.69) is 25.8 Å². The minimum absolute atomic E-state index is 0.145. The second-order valence-electron chi connectivity index (χ2n) is 5.62. The van der Waals surface area contributed by atoms with Gasteiger partial charge in [0.2, 0.25) is 5.95 Å². The molecular formula is C17H20N4O3. The Morgan fingerprint density at radius 1 is 1.17 bits per heavy atom. The van der Waals surface area contributed by atoms with Gasteiger partial charge in [-0.25, -0.2) is 14.8 Å². The van der Waals surface area contributed by atoms with Crippen LogP contribution < -0.4 is 14.5 Å². The summed E-state index contributed by atoms with van der Waals surface area (Å²) in [5.74, 6) is 0.445. The Morgan fingerprint density at radius 3 is 2.46 bits per heavy atom. The first kappa shape index (κ1) is 16.0. The van der Waals surface area contributed by atoms with Gasteiger partial charge in [0.15, 0.2) is 0 Å². The molecule has 1 aromatic heterocycles. The van der Waals surface area contributed by atoms with Crippen LogP contribution in [0.1, 0.15) is 16.1 Å². The molecule has 126 valence electrons. The first-order valence-electron chi connectivity index (χ1n) is 7.80.